The highest BCUT2D eigenvalue weighted by atomic mass is 32.2. The lowest BCUT2D eigenvalue weighted by molar-refractivity contribution is 0.581. The van der Waals surface area contributed by atoms with Gasteiger partial charge < -0.3 is 11.1 Å². The van der Waals surface area contributed by atoms with Gasteiger partial charge in [0, 0.05) is 24.8 Å². The summed E-state index contributed by atoms with van der Waals surface area (Å²) in [7, 11) is -3.38. The number of nitrogens with one attached hydrogen (secondary N) is 2. The van der Waals surface area contributed by atoms with Crippen molar-refractivity contribution in [2.45, 2.75) is 44.0 Å². The van der Waals surface area contributed by atoms with E-state index in [1.807, 2.05) is 6.92 Å². The highest BCUT2D eigenvalue weighted by Gasteiger charge is 2.12. The topological polar surface area (TPSA) is 84.2 Å². The van der Waals surface area contributed by atoms with Crippen molar-refractivity contribution in [2.24, 2.45) is 5.73 Å². The molecule has 0 saturated heterocycles. The minimum absolute atomic E-state index is 0.120. The van der Waals surface area contributed by atoms with E-state index in [0.717, 1.165) is 24.9 Å². The third-order valence-corrected chi connectivity index (χ3v) is 4.41. The van der Waals surface area contributed by atoms with E-state index in [4.69, 9.17) is 5.73 Å². The summed E-state index contributed by atoms with van der Waals surface area (Å²) in [5.41, 5.74) is 6.80. The van der Waals surface area contributed by atoms with Gasteiger partial charge in [0.1, 0.15) is 0 Å². The minimum Gasteiger partial charge on any atom is -0.383 e. The molecule has 20 heavy (non-hydrogen) atoms. The Kier molecular flexibility index (Phi) is 6.98. The fourth-order valence-corrected chi connectivity index (χ4v) is 2.93. The van der Waals surface area contributed by atoms with E-state index in [0.29, 0.717) is 13.1 Å². The zero-order valence-corrected chi connectivity index (χ0v) is 13.0. The maximum Gasteiger partial charge on any atom is 0.240 e. The highest BCUT2D eigenvalue weighted by Crippen LogP contribution is 2.14. The second-order valence-electron chi connectivity index (χ2n) is 4.85. The van der Waals surface area contributed by atoms with Crippen molar-refractivity contribution in [3.8, 4) is 0 Å². The van der Waals surface area contributed by atoms with E-state index in [-0.39, 0.29) is 10.9 Å². The van der Waals surface area contributed by atoms with Crippen LogP contribution in [0.25, 0.3) is 0 Å². The third kappa shape index (κ3) is 5.48. The molecule has 0 saturated carbocycles. The van der Waals surface area contributed by atoms with Gasteiger partial charge in [-0.15, -0.1) is 0 Å². The van der Waals surface area contributed by atoms with Crippen LogP contribution >= 0.6 is 0 Å². The molecule has 0 aliphatic rings. The molecule has 0 aromatic heterocycles. The van der Waals surface area contributed by atoms with E-state index in [2.05, 4.69) is 17.0 Å². The number of rotatable bonds is 9. The van der Waals surface area contributed by atoms with E-state index in [1.54, 1.807) is 24.3 Å². The fraction of sp³-hybridized carbons (Fsp3) is 0.571. The summed E-state index contributed by atoms with van der Waals surface area (Å²) in [6.45, 7) is 5.17. The van der Waals surface area contributed by atoms with Gasteiger partial charge in [-0.3, -0.25) is 0 Å². The first kappa shape index (κ1) is 16.9. The average molecular weight is 299 g/mol. The van der Waals surface area contributed by atoms with Crippen molar-refractivity contribution in [1.82, 2.24) is 4.72 Å². The normalized spacial score (nSPS) is 13.2. The standard InChI is InChI=1S/C14H25N3O2S/c1-3-5-12(15)11-16-13-6-8-14(9-7-13)20(18,19)17-10-4-2/h6-9,12,16-17H,3-5,10-11,15H2,1-2H3. The number of hydrogen-bond donors (Lipinski definition) is 3. The molecule has 4 N–H and O–H groups in total. The van der Waals surface area contributed by atoms with Gasteiger partial charge in [-0.25, -0.2) is 13.1 Å². The number of nitrogens with two attached hydrogens (primary N) is 1. The van der Waals surface area contributed by atoms with Crippen LogP contribution < -0.4 is 15.8 Å². The average Bonchev–Trinajstić information content (AvgIpc) is 2.44. The molecule has 0 heterocycles. The summed E-state index contributed by atoms with van der Waals surface area (Å²) in [6.07, 6.45) is 2.80. The predicted octanol–water partition coefficient (Wildman–Crippen LogP) is 1.91. The molecule has 1 aromatic carbocycles. The van der Waals surface area contributed by atoms with Gasteiger partial charge in [-0.1, -0.05) is 20.3 Å². The van der Waals surface area contributed by atoms with Gasteiger partial charge >= 0.3 is 0 Å². The Morgan fingerprint density at radius 1 is 1.15 bits per heavy atom. The summed E-state index contributed by atoms with van der Waals surface area (Å²) in [5, 5.41) is 3.21. The first-order chi connectivity index (χ1) is 9.49. The zero-order chi connectivity index (χ0) is 15.0. The Labute approximate surface area is 122 Å². The smallest absolute Gasteiger partial charge is 0.240 e. The van der Waals surface area contributed by atoms with Crippen molar-refractivity contribution < 1.29 is 8.42 Å². The predicted molar refractivity (Wildman–Crippen MR) is 83.3 cm³/mol. The lowest BCUT2D eigenvalue weighted by Gasteiger charge is -2.13. The van der Waals surface area contributed by atoms with Crippen LogP contribution in [0.1, 0.15) is 33.1 Å². The van der Waals surface area contributed by atoms with E-state index >= 15 is 0 Å². The quantitative estimate of drug-likeness (QED) is 0.650. The second-order valence-corrected chi connectivity index (χ2v) is 6.62. The molecule has 1 unspecified atom stereocenters. The molecular formula is C14H25N3O2S. The Hall–Kier alpha value is -1.11. The highest BCUT2D eigenvalue weighted by molar-refractivity contribution is 7.89. The van der Waals surface area contributed by atoms with Crippen LogP contribution in [0.3, 0.4) is 0 Å². The minimum atomic E-state index is -3.38. The first-order valence-corrected chi connectivity index (χ1v) is 8.57. The van der Waals surface area contributed by atoms with Gasteiger partial charge in [-0.2, -0.15) is 0 Å². The number of hydrogen-bond acceptors (Lipinski definition) is 4. The lowest BCUT2D eigenvalue weighted by atomic mass is 10.2. The summed E-state index contributed by atoms with van der Waals surface area (Å²) in [4.78, 5) is 0.286. The zero-order valence-electron chi connectivity index (χ0n) is 12.2. The molecule has 6 heteroatoms. The molecule has 0 radical (unpaired) electrons. The van der Waals surface area contributed by atoms with Crippen LogP contribution in [0.5, 0.6) is 0 Å². The SMILES string of the molecule is CCCNS(=O)(=O)c1ccc(NCC(N)CCC)cc1. The molecule has 0 bridgehead atoms. The monoisotopic (exact) mass is 299 g/mol. The van der Waals surface area contributed by atoms with Crippen molar-refractivity contribution in [3.63, 3.8) is 0 Å². The van der Waals surface area contributed by atoms with Crippen LogP contribution in [0.4, 0.5) is 5.69 Å². The molecule has 0 aliphatic heterocycles. The second kappa shape index (κ2) is 8.24. The summed E-state index contributed by atoms with van der Waals surface area (Å²) in [6, 6.07) is 6.85. The van der Waals surface area contributed by atoms with E-state index in [9.17, 15) is 8.42 Å². The molecule has 1 atom stereocenters. The Balaban J connectivity index is 2.60. The first-order valence-electron chi connectivity index (χ1n) is 7.08. The van der Waals surface area contributed by atoms with Crippen molar-refractivity contribution in [2.75, 3.05) is 18.4 Å². The van der Waals surface area contributed by atoms with Crippen LogP contribution in [0.2, 0.25) is 0 Å². The van der Waals surface area contributed by atoms with Crippen LogP contribution in [-0.2, 0) is 10.0 Å². The van der Waals surface area contributed by atoms with Crippen molar-refractivity contribution >= 4 is 15.7 Å². The molecule has 0 aliphatic carbocycles. The Bertz CT molecular complexity index is 486. The van der Waals surface area contributed by atoms with Crippen molar-refractivity contribution in [3.05, 3.63) is 24.3 Å². The Morgan fingerprint density at radius 3 is 2.35 bits per heavy atom. The molecule has 114 valence electrons. The number of anilines is 1. The summed E-state index contributed by atoms with van der Waals surface area (Å²) < 4.78 is 26.3. The van der Waals surface area contributed by atoms with E-state index in [1.165, 1.54) is 0 Å². The lowest BCUT2D eigenvalue weighted by Crippen LogP contribution is -2.28. The third-order valence-electron chi connectivity index (χ3n) is 2.93. The van der Waals surface area contributed by atoms with Gasteiger partial charge in [0.15, 0.2) is 0 Å². The summed E-state index contributed by atoms with van der Waals surface area (Å²) in [5.74, 6) is 0. The molecule has 0 fully saturated rings. The molecule has 5 nitrogen and oxygen atoms in total. The summed E-state index contributed by atoms with van der Waals surface area (Å²) >= 11 is 0. The van der Waals surface area contributed by atoms with Crippen LogP contribution in [0.15, 0.2) is 29.2 Å². The van der Waals surface area contributed by atoms with Gasteiger partial charge in [0.2, 0.25) is 10.0 Å². The molecule has 1 aromatic rings. The largest absolute Gasteiger partial charge is 0.383 e. The van der Waals surface area contributed by atoms with E-state index < -0.39 is 10.0 Å². The number of benzene rings is 1. The van der Waals surface area contributed by atoms with Crippen LogP contribution in [0, 0.1) is 0 Å². The molecule has 0 spiro atoms. The maximum atomic E-state index is 11.9. The molecule has 0 amide bonds. The van der Waals surface area contributed by atoms with Crippen LogP contribution in [-0.4, -0.2) is 27.5 Å². The Morgan fingerprint density at radius 2 is 1.80 bits per heavy atom. The fourth-order valence-electron chi connectivity index (χ4n) is 1.79. The molecular weight excluding hydrogens is 274 g/mol. The van der Waals surface area contributed by atoms with Gasteiger partial charge in [-0.05, 0) is 37.1 Å². The maximum absolute atomic E-state index is 11.9. The molecule has 1 rings (SSSR count). The van der Waals surface area contributed by atoms with Gasteiger partial charge in [0.05, 0.1) is 4.90 Å². The van der Waals surface area contributed by atoms with Crippen molar-refractivity contribution in [1.29, 1.82) is 0 Å². The van der Waals surface area contributed by atoms with Gasteiger partial charge in [0.25, 0.3) is 0 Å². The number of sulfonamides is 1.